The van der Waals surface area contributed by atoms with Gasteiger partial charge in [-0.15, -0.1) is 0 Å². The van der Waals surface area contributed by atoms with E-state index in [0.717, 1.165) is 47.9 Å². The van der Waals surface area contributed by atoms with Crippen molar-refractivity contribution in [3.05, 3.63) is 66.4 Å². The molecule has 0 aliphatic carbocycles. The van der Waals surface area contributed by atoms with Crippen LogP contribution >= 0.6 is 0 Å². The summed E-state index contributed by atoms with van der Waals surface area (Å²) in [6.45, 7) is 4.59. The second-order valence-corrected chi connectivity index (χ2v) is 7.49. The maximum atomic E-state index is 12.1. The summed E-state index contributed by atoms with van der Waals surface area (Å²) >= 11 is 0. The van der Waals surface area contributed by atoms with Crippen molar-refractivity contribution in [2.24, 2.45) is 0 Å². The molecule has 0 saturated carbocycles. The van der Waals surface area contributed by atoms with E-state index in [1.54, 1.807) is 0 Å². The summed E-state index contributed by atoms with van der Waals surface area (Å²) in [5.74, 6) is 2.40. The fraction of sp³-hybridized carbons (Fsp3) is 0.360. The van der Waals surface area contributed by atoms with Crippen molar-refractivity contribution in [2.45, 2.75) is 19.8 Å². The van der Waals surface area contributed by atoms with Crippen LogP contribution in [0, 0.1) is 0 Å². The van der Waals surface area contributed by atoms with Gasteiger partial charge >= 0.3 is 0 Å². The molecule has 1 heterocycles. The molecule has 0 aliphatic rings. The van der Waals surface area contributed by atoms with E-state index in [2.05, 4.69) is 10.5 Å². The van der Waals surface area contributed by atoms with Crippen LogP contribution in [0.25, 0.3) is 11.3 Å². The predicted molar refractivity (Wildman–Crippen MR) is 124 cm³/mol. The molecular formula is C25H31N3O4. The highest BCUT2D eigenvalue weighted by Crippen LogP contribution is 2.19. The predicted octanol–water partition coefficient (Wildman–Crippen LogP) is 3.80. The van der Waals surface area contributed by atoms with Gasteiger partial charge in [-0.3, -0.25) is 9.69 Å². The summed E-state index contributed by atoms with van der Waals surface area (Å²) in [4.78, 5) is 14.1. The SMILES string of the molecule is CCOc1ccc(OCCNC(=O)CN(C)CCCc2cc(-c3ccccc3)no2)cc1. The number of hydrogen-bond donors (Lipinski definition) is 1. The van der Waals surface area contributed by atoms with Gasteiger partial charge in [0.25, 0.3) is 0 Å². The van der Waals surface area contributed by atoms with Gasteiger partial charge in [0.2, 0.25) is 5.91 Å². The number of nitrogens with one attached hydrogen (secondary N) is 1. The van der Waals surface area contributed by atoms with Crippen molar-refractivity contribution < 1.29 is 18.8 Å². The second kappa shape index (κ2) is 12.5. The highest BCUT2D eigenvalue weighted by molar-refractivity contribution is 5.77. The van der Waals surface area contributed by atoms with E-state index >= 15 is 0 Å². The summed E-state index contributed by atoms with van der Waals surface area (Å²) in [6, 6.07) is 19.4. The number of nitrogens with zero attached hydrogens (tertiary/aromatic N) is 2. The molecule has 0 atom stereocenters. The quantitative estimate of drug-likeness (QED) is 0.410. The molecular weight excluding hydrogens is 406 g/mol. The molecule has 7 nitrogen and oxygen atoms in total. The van der Waals surface area contributed by atoms with E-state index in [1.807, 2.05) is 79.5 Å². The van der Waals surface area contributed by atoms with Crippen LogP contribution in [-0.4, -0.2) is 55.9 Å². The molecule has 0 fully saturated rings. The zero-order valence-electron chi connectivity index (χ0n) is 18.8. The smallest absolute Gasteiger partial charge is 0.234 e. The number of benzene rings is 2. The number of likely N-dealkylation sites (N-methyl/N-ethyl adjacent to an activating group) is 1. The first-order valence-electron chi connectivity index (χ1n) is 11.0. The van der Waals surface area contributed by atoms with E-state index in [0.29, 0.717) is 26.3 Å². The Bertz CT molecular complexity index is 941. The number of aromatic nitrogens is 1. The number of ether oxygens (including phenoxy) is 2. The zero-order chi connectivity index (χ0) is 22.6. The first-order valence-corrected chi connectivity index (χ1v) is 11.0. The topological polar surface area (TPSA) is 76.8 Å². The molecule has 3 rings (SSSR count). The average Bonchev–Trinajstić information content (AvgIpc) is 3.27. The second-order valence-electron chi connectivity index (χ2n) is 7.49. The Hall–Kier alpha value is -3.32. The van der Waals surface area contributed by atoms with Crippen molar-refractivity contribution in [1.29, 1.82) is 0 Å². The summed E-state index contributed by atoms with van der Waals surface area (Å²) < 4.78 is 16.5. The monoisotopic (exact) mass is 437 g/mol. The normalized spacial score (nSPS) is 10.8. The van der Waals surface area contributed by atoms with Crippen molar-refractivity contribution in [1.82, 2.24) is 15.4 Å². The maximum absolute atomic E-state index is 12.1. The van der Waals surface area contributed by atoms with Crippen LogP contribution in [0.1, 0.15) is 19.1 Å². The van der Waals surface area contributed by atoms with Gasteiger partial charge in [0.1, 0.15) is 29.6 Å². The lowest BCUT2D eigenvalue weighted by Crippen LogP contribution is -2.37. The Morgan fingerprint density at radius 1 is 1.06 bits per heavy atom. The lowest BCUT2D eigenvalue weighted by atomic mass is 10.1. The molecule has 170 valence electrons. The van der Waals surface area contributed by atoms with Crippen LogP contribution in [0.4, 0.5) is 0 Å². The van der Waals surface area contributed by atoms with Crippen molar-refractivity contribution in [3.63, 3.8) is 0 Å². The minimum atomic E-state index is -0.0196. The molecule has 7 heteroatoms. The Morgan fingerprint density at radius 3 is 2.50 bits per heavy atom. The van der Waals surface area contributed by atoms with Crippen LogP contribution in [0.3, 0.4) is 0 Å². The molecule has 0 bridgehead atoms. The molecule has 3 aromatic rings. The number of carbonyl (C=O) groups is 1. The van der Waals surface area contributed by atoms with Crippen molar-refractivity contribution in [2.75, 3.05) is 39.9 Å². The molecule has 0 unspecified atom stereocenters. The Labute approximate surface area is 189 Å². The standard InChI is InChI=1S/C25H31N3O4/c1-3-30-21-11-13-22(14-12-21)31-17-15-26-25(29)19-28(2)16-7-10-23-18-24(27-32-23)20-8-5-4-6-9-20/h4-6,8-9,11-14,18H,3,7,10,15-17,19H2,1-2H3,(H,26,29). The third-order valence-electron chi connectivity index (χ3n) is 4.83. The number of rotatable bonds is 13. The maximum Gasteiger partial charge on any atom is 0.234 e. The zero-order valence-corrected chi connectivity index (χ0v) is 18.8. The van der Waals surface area contributed by atoms with Gasteiger partial charge in [-0.2, -0.15) is 0 Å². The summed E-state index contributed by atoms with van der Waals surface area (Å²) in [5, 5.41) is 7.02. The minimum absolute atomic E-state index is 0.0196. The molecule has 32 heavy (non-hydrogen) atoms. The minimum Gasteiger partial charge on any atom is -0.494 e. The molecule has 0 spiro atoms. The Morgan fingerprint density at radius 2 is 1.78 bits per heavy atom. The van der Waals surface area contributed by atoms with Gasteiger partial charge in [-0.05, 0) is 51.2 Å². The van der Waals surface area contributed by atoms with Gasteiger partial charge in [0.05, 0.1) is 19.7 Å². The lowest BCUT2D eigenvalue weighted by Gasteiger charge is -2.16. The molecule has 1 aromatic heterocycles. The summed E-state index contributed by atoms with van der Waals surface area (Å²) in [6.07, 6.45) is 1.66. The van der Waals surface area contributed by atoms with Crippen LogP contribution in [-0.2, 0) is 11.2 Å². The molecule has 1 N–H and O–H groups in total. The number of aryl methyl sites for hydroxylation is 1. The van der Waals surface area contributed by atoms with Gasteiger partial charge in [-0.1, -0.05) is 35.5 Å². The first kappa shape index (κ1) is 23.3. The molecule has 2 aromatic carbocycles. The van der Waals surface area contributed by atoms with E-state index in [4.69, 9.17) is 14.0 Å². The third kappa shape index (κ3) is 7.74. The van der Waals surface area contributed by atoms with Crippen LogP contribution in [0.2, 0.25) is 0 Å². The third-order valence-corrected chi connectivity index (χ3v) is 4.83. The van der Waals surface area contributed by atoms with Gasteiger partial charge in [0.15, 0.2) is 0 Å². The van der Waals surface area contributed by atoms with E-state index in [-0.39, 0.29) is 5.91 Å². The van der Waals surface area contributed by atoms with E-state index < -0.39 is 0 Å². The van der Waals surface area contributed by atoms with E-state index in [1.165, 1.54) is 0 Å². The average molecular weight is 438 g/mol. The van der Waals surface area contributed by atoms with Crippen molar-refractivity contribution in [3.8, 4) is 22.8 Å². The highest BCUT2D eigenvalue weighted by atomic mass is 16.5. The van der Waals surface area contributed by atoms with Gasteiger partial charge in [-0.25, -0.2) is 0 Å². The fourth-order valence-electron chi connectivity index (χ4n) is 3.24. The Balaban J connectivity index is 1.27. The molecule has 0 radical (unpaired) electrons. The summed E-state index contributed by atoms with van der Waals surface area (Å²) in [7, 11) is 1.94. The molecule has 0 aliphatic heterocycles. The van der Waals surface area contributed by atoms with Gasteiger partial charge < -0.3 is 19.3 Å². The van der Waals surface area contributed by atoms with Crippen LogP contribution < -0.4 is 14.8 Å². The number of carbonyl (C=O) groups excluding carboxylic acids is 1. The van der Waals surface area contributed by atoms with Crippen LogP contribution in [0.5, 0.6) is 11.5 Å². The Kier molecular flexibility index (Phi) is 9.13. The number of amides is 1. The fourth-order valence-corrected chi connectivity index (χ4v) is 3.24. The highest BCUT2D eigenvalue weighted by Gasteiger charge is 2.09. The van der Waals surface area contributed by atoms with Crippen LogP contribution in [0.15, 0.2) is 65.2 Å². The van der Waals surface area contributed by atoms with Crippen molar-refractivity contribution >= 4 is 5.91 Å². The summed E-state index contributed by atoms with van der Waals surface area (Å²) in [5.41, 5.74) is 1.89. The van der Waals surface area contributed by atoms with E-state index in [9.17, 15) is 4.79 Å². The first-order chi connectivity index (χ1) is 15.6. The molecule has 1 amide bonds. The number of hydrogen-bond acceptors (Lipinski definition) is 6. The molecule has 0 saturated heterocycles. The largest absolute Gasteiger partial charge is 0.494 e. The van der Waals surface area contributed by atoms with Gasteiger partial charge in [0, 0.05) is 18.1 Å². The lowest BCUT2D eigenvalue weighted by molar-refractivity contribution is -0.122.